The third-order valence-electron chi connectivity index (χ3n) is 2.39. The molecule has 0 spiro atoms. The Morgan fingerprint density at radius 3 is 2.11 bits per heavy atom. The molecule has 0 atom stereocenters. The van der Waals surface area contributed by atoms with Gasteiger partial charge in [0.1, 0.15) is 0 Å². The van der Waals surface area contributed by atoms with Crippen LogP contribution in [-0.2, 0) is 0 Å². The van der Waals surface area contributed by atoms with Gasteiger partial charge in [0, 0.05) is 0 Å². The second-order valence-electron chi connectivity index (χ2n) is 3.93. The first kappa shape index (κ1) is 16.4. The molecule has 2 rings (SSSR count). The lowest BCUT2D eigenvalue weighted by Gasteiger charge is -2.05. The van der Waals surface area contributed by atoms with E-state index in [9.17, 15) is 0 Å². The molecule has 0 N–H and O–H groups in total. The zero-order valence-corrected chi connectivity index (χ0v) is 12.5. The molecule has 0 aromatic heterocycles. The van der Waals surface area contributed by atoms with E-state index in [1.165, 1.54) is 28.3 Å². The lowest BCUT2D eigenvalue weighted by molar-refractivity contribution is 1.09. The maximum absolute atomic E-state index is 3.84. The molecule has 0 nitrogen and oxygen atoms in total. The quantitative estimate of drug-likeness (QED) is 0.555. The van der Waals surface area contributed by atoms with Crippen LogP contribution in [0.2, 0.25) is 0 Å². The molecule has 0 amide bonds. The molecule has 0 saturated heterocycles. The molecule has 0 aliphatic carbocycles. The van der Waals surface area contributed by atoms with Crippen LogP contribution in [0.4, 0.5) is 0 Å². The Bertz CT molecular complexity index is 466. The van der Waals surface area contributed by atoms with E-state index in [1.54, 1.807) is 0 Å². The van der Waals surface area contributed by atoms with Crippen molar-refractivity contribution >= 4 is 16.8 Å². The molecule has 0 heteroatoms. The molecule has 0 radical (unpaired) electrons. The van der Waals surface area contributed by atoms with Gasteiger partial charge in [-0.05, 0) is 28.8 Å². The minimum absolute atomic E-state index is 1.25. The number of fused-ring (bicyclic) bond motifs is 1. The molecule has 98 valence electrons. The normalized spacial score (nSPS) is 8.72. The SMILES string of the molecule is C=Cc1c(C)ccc2ccccc12.CC.CCC. The van der Waals surface area contributed by atoms with Crippen molar-refractivity contribution < 1.29 is 0 Å². The molecule has 0 unspecified atom stereocenters. The summed E-state index contributed by atoms with van der Waals surface area (Å²) in [5, 5.41) is 2.57. The fraction of sp³-hybridized carbons (Fsp3) is 0.333. The number of rotatable bonds is 1. The first-order chi connectivity index (χ1) is 8.74. The molecule has 0 saturated carbocycles. The van der Waals surface area contributed by atoms with Crippen LogP contribution < -0.4 is 0 Å². The topological polar surface area (TPSA) is 0 Å². The number of aryl methyl sites for hydroxylation is 1. The minimum atomic E-state index is 1.25. The van der Waals surface area contributed by atoms with Gasteiger partial charge in [0.2, 0.25) is 0 Å². The summed E-state index contributed by atoms with van der Waals surface area (Å²) < 4.78 is 0. The van der Waals surface area contributed by atoms with Crippen LogP contribution >= 0.6 is 0 Å². The zero-order chi connectivity index (χ0) is 14.0. The van der Waals surface area contributed by atoms with Gasteiger partial charge in [-0.25, -0.2) is 0 Å². The molecule has 18 heavy (non-hydrogen) atoms. The molecule has 2 aromatic rings. The fourth-order valence-electron chi connectivity index (χ4n) is 1.68. The Morgan fingerprint density at radius 1 is 1.00 bits per heavy atom. The van der Waals surface area contributed by atoms with Crippen molar-refractivity contribution in [1.82, 2.24) is 0 Å². The van der Waals surface area contributed by atoms with E-state index in [0.717, 1.165) is 0 Å². The number of hydrogen-bond acceptors (Lipinski definition) is 0. The summed E-state index contributed by atoms with van der Waals surface area (Å²) in [5.41, 5.74) is 2.53. The van der Waals surface area contributed by atoms with Crippen molar-refractivity contribution in [3.8, 4) is 0 Å². The molecule has 0 bridgehead atoms. The highest BCUT2D eigenvalue weighted by Gasteiger charge is 1.99. The van der Waals surface area contributed by atoms with Crippen LogP contribution in [0.5, 0.6) is 0 Å². The van der Waals surface area contributed by atoms with Crippen LogP contribution in [0.3, 0.4) is 0 Å². The summed E-state index contributed by atoms with van der Waals surface area (Å²) in [4.78, 5) is 0. The molecular weight excluding hydrogens is 216 g/mol. The van der Waals surface area contributed by atoms with Crippen molar-refractivity contribution in [3.05, 3.63) is 54.1 Å². The third-order valence-corrected chi connectivity index (χ3v) is 2.39. The fourth-order valence-corrected chi connectivity index (χ4v) is 1.68. The summed E-state index contributed by atoms with van der Waals surface area (Å²) in [6, 6.07) is 12.7. The van der Waals surface area contributed by atoms with Gasteiger partial charge < -0.3 is 0 Å². The van der Waals surface area contributed by atoms with Gasteiger partial charge >= 0.3 is 0 Å². The van der Waals surface area contributed by atoms with E-state index in [0.29, 0.717) is 0 Å². The molecule has 0 heterocycles. The van der Waals surface area contributed by atoms with Crippen LogP contribution in [-0.4, -0.2) is 0 Å². The zero-order valence-electron chi connectivity index (χ0n) is 12.5. The first-order valence-corrected chi connectivity index (χ1v) is 6.85. The Hall–Kier alpha value is -1.56. The number of hydrogen-bond donors (Lipinski definition) is 0. The largest absolute Gasteiger partial charge is 0.0984 e. The summed E-state index contributed by atoms with van der Waals surface area (Å²) in [6.07, 6.45) is 3.18. The average Bonchev–Trinajstić information content (AvgIpc) is 2.42. The van der Waals surface area contributed by atoms with Crippen LogP contribution in [0.1, 0.15) is 45.2 Å². The second kappa shape index (κ2) is 9.47. The highest BCUT2D eigenvalue weighted by atomic mass is 14.0. The van der Waals surface area contributed by atoms with Gasteiger partial charge in [-0.3, -0.25) is 0 Å². The van der Waals surface area contributed by atoms with E-state index < -0.39 is 0 Å². The first-order valence-electron chi connectivity index (χ1n) is 6.85. The van der Waals surface area contributed by atoms with Crippen molar-refractivity contribution in [3.63, 3.8) is 0 Å². The summed E-state index contributed by atoms with van der Waals surface area (Å²) >= 11 is 0. The van der Waals surface area contributed by atoms with Gasteiger partial charge in [0.25, 0.3) is 0 Å². The lowest BCUT2D eigenvalue weighted by Crippen LogP contribution is -1.82. The second-order valence-corrected chi connectivity index (χ2v) is 3.93. The Labute approximate surface area is 112 Å². The molecular formula is C18H26. The summed E-state index contributed by atoms with van der Waals surface area (Å²) in [5.74, 6) is 0. The van der Waals surface area contributed by atoms with Gasteiger partial charge in [-0.1, -0.05) is 83.2 Å². The van der Waals surface area contributed by atoms with E-state index in [2.05, 4.69) is 63.7 Å². The van der Waals surface area contributed by atoms with Gasteiger partial charge in [-0.2, -0.15) is 0 Å². The lowest BCUT2D eigenvalue weighted by atomic mass is 10.00. The Morgan fingerprint density at radius 2 is 1.56 bits per heavy atom. The van der Waals surface area contributed by atoms with Crippen molar-refractivity contribution in [2.45, 2.75) is 41.0 Å². The van der Waals surface area contributed by atoms with Crippen molar-refractivity contribution in [2.24, 2.45) is 0 Å². The van der Waals surface area contributed by atoms with E-state index >= 15 is 0 Å². The maximum atomic E-state index is 3.84. The minimum Gasteiger partial charge on any atom is -0.0984 e. The maximum Gasteiger partial charge on any atom is -0.0109 e. The number of benzene rings is 2. The standard InChI is InChI=1S/C13H12.C3H8.C2H6/c1-3-12-10(2)8-9-11-6-4-5-7-13(11)12;1-3-2;1-2/h3-9H,1H2,2H3;3H2,1-2H3;1-2H3. The van der Waals surface area contributed by atoms with Crippen molar-refractivity contribution in [2.75, 3.05) is 0 Å². The summed E-state index contributed by atoms with van der Waals surface area (Å²) in [6.45, 7) is 14.2. The van der Waals surface area contributed by atoms with Gasteiger partial charge in [0.15, 0.2) is 0 Å². The predicted octanol–water partition coefficient (Wildman–Crippen LogP) is 6.23. The van der Waals surface area contributed by atoms with E-state index in [4.69, 9.17) is 0 Å². The van der Waals surface area contributed by atoms with Gasteiger partial charge in [0.05, 0.1) is 0 Å². The van der Waals surface area contributed by atoms with Crippen molar-refractivity contribution in [1.29, 1.82) is 0 Å². The molecule has 0 aliphatic heterocycles. The molecule has 0 aliphatic rings. The summed E-state index contributed by atoms with van der Waals surface area (Å²) in [7, 11) is 0. The van der Waals surface area contributed by atoms with Gasteiger partial charge in [-0.15, -0.1) is 0 Å². The van der Waals surface area contributed by atoms with Crippen LogP contribution in [0, 0.1) is 6.92 Å². The van der Waals surface area contributed by atoms with E-state index in [-0.39, 0.29) is 0 Å². The predicted molar refractivity (Wildman–Crippen MR) is 86.1 cm³/mol. The Kier molecular flexibility index (Phi) is 8.65. The highest BCUT2D eigenvalue weighted by molar-refractivity contribution is 5.91. The molecule has 0 fully saturated rings. The molecule has 2 aromatic carbocycles. The highest BCUT2D eigenvalue weighted by Crippen LogP contribution is 2.22. The third kappa shape index (κ3) is 4.37. The average molecular weight is 242 g/mol. The Balaban J connectivity index is 0.000000509. The smallest absolute Gasteiger partial charge is 0.0109 e. The van der Waals surface area contributed by atoms with E-state index in [1.807, 2.05) is 19.9 Å². The van der Waals surface area contributed by atoms with Crippen LogP contribution in [0.25, 0.3) is 16.8 Å². The monoisotopic (exact) mass is 242 g/mol. The van der Waals surface area contributed by atoms with Crippen LogP contribution in [0.15, 0.2) is 43.0 Å².